The highest BCUT2D eigenvalue weighted by atomic mass is 16.5. The summed E-state index contributed by atoms with van der Waals surface area (Å²) in [6, 6.07) is 5.79. The normalized spacial score (nSPS) is 24.0. The minimum atomic E-state index is -0.0270. The summed E-state index contributed by atoms with van der Waals surface area (Å²) in [5.41, 5.74) is 4.22. The number of carbonyl (C=O) groups excluding carboxylic acids is 1. The number of benzene rings is 1. The highest BCUT2D eigenvalue weighted by molar-refractivity contribution is 5.95. The first-order chi connectivity index (χ1) is 13.6. The van der Waals surface area contributed by atoms with Crippen LogP contribution < -0.4 is 4.74 Å². The Hall–Kier alpha value is -2.47. The van der Waals surface area contributed by atoms with E-state index in [9.17, 15) is 4.79 Å². The average molecular weight is 378 g/mol. The van der Waals surface area contributed by atoms with Crippen molar-refractivity contribution in [3.63, 3.8) is 0 Å². The fraction of sp³-hybridized carbons (Fsp3) is 0.500. The lowest BCUT2D eigenvalue weighted by Crippen LogP contribution is -2.33. The van der Waals surface area contributed by atoms with Crippen molar-refractivity contribution in [2.75, 3.05) is 20.1 Å². The van der Waals surface area contributed by atoms with E-state index in [1.807, 2.05) is 29.3 Å². The van der Waals surface area contributed by atoms with E-state index in [4.69, 9.17) is 9.72 Å². The maximum Gasteiger partial charge on any atom is 0.254 e. The van der Waals surface area contributed by atoms with Gasteiger partial charge in [-0.1, -0.05) is 0 Å². The second kappa shape index (κ2) is 6.85. The molecule has 6 heteroatoms. The van der Waals surface area contributed by atoms with Gasteiger partial charge in [0, 0.05) is 55.5 Å². The molecule has 2 aromatic rings. The van der Waals surface area contributed by atoms with Crippen molar-refractivity contribution >= 4 is 5.91 Å². The summed E-state index contributed by atoms with van der Waals surface area (Å²) < 4.78 is 5.77. The number of nitrogens with zero attached hydrogens (tertiary/aromatic N) is 4. The number of rotatable bonds is 2. The molecule has 28 heavy (non-hydrogen) atoms. The lowest BCUT2D eigenvalue weighted by Gasteiger charge is -2.27. The maximum absolute atomic E-state index is 13.3. The van der Waals surface area contributed by atoms with Gasteiger partial charge in [0.1, 0.15) is 11.9 Å². The standard InChI is InChI=1S/C22H26N4O2/c1-14-10-16-11-15(5-6-20(16)28-14)22(27)26-8-3-4-19(26)21-23-12-17-13-25(2)9-7-18(17)24-21/h5-6,11-12,14,19H,3-4,7-10,13H2,1-2H3/t14-,19+/m1/s1. The largest absolute Gasteiger partial charge is 0.490 e. The molecule has 1 amide bonds. The number of likely N-dealkylation sites (tertiary alicyclic amines) is 1. The van der Waals surface area contributed by atoms with E-state index >= 15 is 0 Å². The predicted octanol–water partition coefficient (Wildman–Crippen LogP) is 2.77. The summed E-state index contributed by atoms with van der Waals surface area (Å²) in [7, 11) is 2.12. The lowest BCUT2D eigenvalue weighted by molar-refractivity contribution is 0.0729. The first-order valence-electron chi connectivity index (χ1n) is 10.2. The number of hydrogen-bond donors (Lipinski definition) is 0. The second-order valence-corrected chi connectivity index (χ2v) is 8.30. The molecule has 0 unspecified atom stereocenters. The smallest absolute Gasteiger partial charge is 0.254 e. The van der Waals surface area contributed by atoms with Gasteiger partial charge in [0.15, 0.2) is 5.82 Å². The number of hydrogen-bond acceptors (Lipinski definition) is 5. The van der Waals surface area contributed by atoms with Gasteiger partial charge in [-0.15, -0.1) is 0 Å². The average Bonchev–Trinajstić information content (AvgIpc) is 3.32. The topological polar surface area (TPSA) is 58.6 Å². The van der Waals surface area contributed by atoms with Crippen molar-refractivity contribution in [1.82, 2.24) is 19.8 Å². The van der Waals surface area contributed by atoms with Crippen molar-refractivity contribution in [2.24, 2.45) is 0 Å². The third-order valence-electron chi connectivity index (χ3n) is 6.10. The number of aromatic nitrogens is 2. The Kier molecular flexibility index (Phi) is 4.31. The van der Waals surface area contributed by atoms with Crippen LogP contribution in [0.15, 0.2) is 24.4 Å². The molecule has 6 nitrogen and oxygen atoms in total. The fourth-order valence-corrected chi connectivity index (χ4v) is 4.63. The molecule has 2 atom stereocenters. The minimum absolute atomic E-state index is 0.0270. The zero-order chi connectivity index (χ0) is 19.3. The van der Waals surface area contributed by atoms with E-state index in [1.54, 1.807) is 0 Å². The van der Waals surface area contributed by atoms with Gasteiger partial charge < -0.3 is 14.5 Å². The number of likely N-dealkylation sites (N-methyl/N-ethyl adjacent to an activating group) is 1. The van der Waals surface area contributed by atoms with Gasteiger partial charge in [-0.05, 0) is 50.6 Å². The van der Waals surface area contributed by atoms with Crippen molar-refractivity contribution in [1.29, 1.82) is 0 Å². The molecule has 3 aliphatic rings. The van der Waals surface area contributed by atoms with Crippen molar-refractivity contribution < 1.29 is 9.53 Å². The summed E-state index contributed by atoms with van der Waals surface area (Å²) in [6.07, 6.45) is 5.87. The Morgan fingerprint density at radius 3 is 3.04 bits per heavy atom. The highest BCUT2D eigenvalue weighted by Crippen LogP contribution is 2.34. The number of ether oxygens (including phenoxy) is 1. The molecule has 1 aromatic carbocycles. The molecule has 0 saturated carbocycles. The summed E-state index contributed by atoms with van der Waals surface area (Å²) >= 11 is 0. The van der Waals surface area contributed by atoms with Gasteiger partial charge in [0.2, 0.25) is 0 Å². The van der Waals surface area contributed by atoms with Crippen LogP contribution >= 0.6 is 0 Å². The molecule has 1 aromatic heterocycles. The predicted molar refractivity (Wildman–Crippen MR) is 105 cm³/mol. The SMILES string of the molecule is C[C@@H]1Cc2cc(C(=O)N3CCC[C@H]3c3ncc4c(n3)CCN(C)C4)ccc2O1. The van der Waals surface area contributed by atoms with E-state index < -0.39 is 0 Å². The zero-order valence-corrected chi connectivity index (χ0v) is 16.5. The van der Waals surface area contributed by atoms with Gasteiger partial charge in [-0.3, -0.25) is 4.79 Å². The molecule has 1 fully saturated rings. The van der Waals surface area contributed by atoms with Crippen LogP contribution in [0.3, 0.4) is 0 Å². The third kappa shape index (κ3) is 3.05. The second-order valence-electron chi connectivity index (χ2n) is 8.30. The van der Waals surface area contributed by atoms with E-state index in [1.165, 1.54) is 5.56 Å². The molecule has 0 bridgehead atoms. The molecule has 146 valence electrons. The first-order valence-corrected chi connectivity index (χ1v) is 10.2. The van der Waals surface area contributed by atoms with Gasteiger partial charge in [-0.25, -0.2) is 9.97 Å². The van der Waals surface area contributed by atoms with Crippen LogP contribution in [-0.4, -0.2) is 51.9 Å². The highest BCUT2D eigenvalue weighted by Gasteiger charge is 2.34. The molecule has 1 saturated heterocycles. The van der Waals surface area contributed by atoms with Gasteiger partial charge in [0.25, 0.3) is 5.91 Å². The summed E-state index contributed by atoms with van der Waals surface area (Å²) in [4.78, 5) is 27.0. The summed E-state index contributed by atoms with van der Waals surface area (Å²) in [5.74, 6) is 1.78. The minimum Gasteiger partial charge on any atom is -0.490 e. The Morgan fingerprint density at radius 2 is 2.14 bits per heavy atom. The molecule has 0 spiro atoms. The van der Waals surface area contributed by atoms with Crippen molar-refractivity contribution in [3.8, 4) is 5.75 Å². The number of fused-ring (bicyclic) bond motifs is 2. The molecule has 0 N–H and O–H groups in total. The van der Waals surface area contributed by atoms with E-state index in [2.05, 4.69) is 23.9 Å². The van der Waals surface area contributed by atoms with Crippen molar-refractivity contribution in [2.45, 2.75) is 51.3 Å². The molecule has 4 heterocycles. The number of amides is 1. The number of carbonyl (C=O) groups is 1. The van der Waals surface area contributed by atoms with E-state index in [-0.39, 0.29) is 18.1 Å². The van der Waals surface area contributed by atoms with E-state index in [0.29, 0.717) is 0 Å². The Morgan fingerprint density at radius 1 is 1.25 bits per heavy atom. The fourth-order valence-electron chi connectivity index (χ4n) is 4.63. The Bertz CT molecular complexity index is 929. The summed E-state index contributed by atoms with van der Waals surface area (Å²) in [6.45, 7) is 4.74. The molecular weight excluding hydrogens is 352 g/mol. The molecule has 0 aliphatic carbocycles. The van der Waals surface area contributed by atoms with Crippen LogP contribution in [0.5, 0.6) is 5.75 Å². The molecular formula is C22H26N4O2. The molecule has 0 radical (unpaired) electrons. The van der Waals surface area contributed by atoms with Crippen LogP contribution in [0.2, 0.25) is 0 Å². The van der Waals surface area contributed by atoms with Crippen LogP contribution in [0, 0.1) is 0 Å². The van der Waals surface area contributed by atoms with Crippen LogP contribution in [0.4, 0.5) is 0 Å². The Balaban J connectivity index is 1.40. The van der Waals surface area contributed by atoms with Gasteiger partial charge in [0.05, 0.1) is 6.04 Å². The van der Waals surface area contributed by atoms with Crippen LogP contribution in [-0.2, 0) is 19.4 Å². The van der Waals surface area contributed by atoms with Crippen LogP contribution in [0.1, 0.15) is 58.8 Å². The van der Waals surface area contributed by atoms with Gasteiger partial charge in [-0.2, -0.15) is 0 Å². The van der Waals surface area contributed by atoms with E-state index in [0.717, 1.165) is 73.7 Å². The maximum atomic E-state index is 13.3. The zero-order valence-electron chi connectivity index (χ0n) is 16.5. The van der Waals surface area contributed by atoms with Gasteiger partial charge >= 0.3 is 0 Å². The van der Waals surface area contributed by atoms with Crippen molar-refractivity contribution in [3.05, 3.63) is 52.6 Å². The Labute approximate surface area is 165 Å². The van der Waals surface area contributed by atoms with Crippen LogP contribution in [0.25, 0.3) is 0 Å². The molecule has 5 rings (SSSR count). The quantitative estimate of drug-likeness (QED) is 0.804. The third-order valence-corrected chi connectivity index (χ3v) is 6.10. The molecule has 3 aliphatic heterocycles. The lowest BCUT2D eigenvalue weighted by atomic mass is 10.1. The monoisotopic (exact) mass is 378 g/mol. The first kappa shape index (κ1) is 17.6. The summed E-state index contributed by atoms with van der Waals surface area (Å²) in [5, 5.41) is 0.